The molecule has 4 N–H and O–H groups in total. The van der Waals surface area contributed by atoms with Crippen LogP contribution in [0.15, 0.2) is 23.6 Å². The van der Waals surface area contributed by atoms with E-state index in [9.17, 15) is 9.90 Å². The van der Waals surface area contributed by atoms with Gasteiger partial charge in [-0.3, -0.25) is 4.79 Å². The quantitative estimate of drug-likeness (QED) is 0.615. The van der Waals surface area contributed by atoms with Crippen LogP contribution in [0.2, 0.25) is 0 Å². The van der Waals surface area contributed by atoms with Crippen molar-refractivity contribution in [3.05, 3.63) is 34.7 Å². The number of carbonyl (C=O) groups is 1. The lowest BCUT2D eigenvalue weighted by molar-refractivity contribution is -0.125. The number of hydrogen-bond acceptors (Lipinski definition) is 6. The number of benzene rings is 1. The van der Waals surface area contributed by atoms with E-state index < -0.39 is 12.1 Å². The van der Waals surface area contributed by atoms with Crippen molar-refractivity contribution in [1.29, 1.82) is 0 Å². The fourth-order valence-electron chi connectivity index (χ4n) is 5.02. The summed E-state index contributed by atoms with van der Waals surface area (Å²) in [5.74, 6) is -0.279. The highest BCUT2D eigenvalue weighted by Crippen LogP contribution is 2.47. The molecule has 1 aromatic heterocycles. The molecule has 1 saturated heterocycles. The molecule has 0 spiro atoms. The number of nitrogens with one attached hydrogen (secondary N) is 1. The summed E-state index contributed by atoms with van der Waals surface area (Å²) in [7, 11) is 0. The number of aliphatic hydroxyl groups excluding tert-OH is 1. The van der Waals surface area contributed by atoms with Crippen LogP contribution in [0.4, 0.5) is 5.13 Å². The average Bonchev–Trinajstić information content (AvgIpc) is 3.27. The maximum absolute atomic E-state index is 12.1. The standard InChI is InChI=1S/C26H38N4O2S/c1-16(31)22(27)23(32)28-18-8-12-30(13-9-18)24-29-21(15-33-24)17-6-7-19-20(14-17)26(4,5)11-10-25(19,2)3/h6-7,14-16,18,22,31H,8-13,27H2,1-5H3,(H,28,32). The molecule has 0 saturated carbocycles. The summed E-state index contributed by atoms with van der Waals surface area (Å²) < 4.78 is 0. The minimum absolute atomic E-state index is 0.0872. The Morgan fingerprint density at radius 3 is 2.45 bits per heavy atom. The Morgan fingerprint density at radius 1 is 1.18 bits per heavy atom. The number of amides is 1. The van der Waals surface area contributed by atoms with Crippen LogP contribution in [0.5, 0.6) is 0 Å². The molecule has 1 amide bonds. The number of nitrogens with zero attached hydrogens (tertiary/aromatic N) is 2. The molecule has 1 aliphatic carbocycles. The molecule has 2 aliphatic rings. The Bertz CT molecular complexity index is 1010. The van der Waals surface area contributed by atoms with E-state index in [1.54, 1.807) is 11.3 Å². The smallest absolute Gasteiger partial charge is 0.239 e. The second kappa shape index (κ2) is 9.01. The van der Waals surface area contributed by atoms with Gasteiger partial charge in [0.25, 0.3) is 0 Å². The molecule has 1 aromatic carbocycles. The largest absolute Gasteiger partial charge is 0.391 e. The van der Waals surface area contributed by atoms with Crippen molar-refractivity contribution in [2.24, 2.45) is 5.73 Å². The fraction of sp³-hybridized carbons (Fsp3) is 0.615. The first-order valence-electron chi connectivity index (χ1n) is 12.1. The number of piperidine rings is 1. The van der Waals surface area contributed by atoms with E-state index >= 15 is 0 Å². The summed E-state index contributed by atoms with van der Waals surface area (Å²) in [5.41, 5.74) is 11.3. The van der Waals surface area contributed by atoms with Gasteiger partial charge in [0.2, 0.25) is 5.91 Å². The first kappa shape index (κ1) is 24.2. The number of aromatic nitrogens is 1. The zero-order valence-electron chi connectivity index (χ0n) is 20.5. The Hall–Kier alpha value is -1.96. The number of aliphatic hydroxyl groups is 1. The molecule has 6 nitrogen and oxygen atoms in total. The fourth-order valence-corrected chi connectivity index (χ4v) is 5.91. The van der Waals surface area contributed by atoms with Gasteiger partial charge in [-0.05, 0) is 60.6 Å². The molecule has 2 aromatic rings. The predicted octanol–water partition coefficient (Wildman–Crippen LogP) is 3.95. The van der Waals surface area contributed by atoms with Crippen molar-refractivity contribution in [2.45, 2.75) is 89.3 Å². The molecule has 4 rings (SSSR count). The summed E-state index contributed by atoms with van der Waals surface area (Å²) >= 11 is 1.69. The van der Waals surface area contributed by atoms with Crippen LogP contribution in [-0.4, -0.2) is 47.3 Å². The topological polar surface area (TPSA) is 91.5 Å². The summed E-state index contributed by atoms with van der Waals surface area (Å²) in [4.78, 5) is 19.4. The third kappa shape index (κ3) is 4.96. The van der Waals surface area contributed by atoms with Crippen LogP contribution in [0.1, 0.15) is 71.4 Å². The first-order valence-corrected chi connectivity index (χ1v) is 13.0. The summed E-state index contributed by atoms with van der Waals surface area (Å²) in [6.45, 7) is 12.6. The molecule has 180 valence electrons. The van der Waals surface area contributed by atoms with Gasteiger partial charge in [0, 0.05) is 30.1 Å². The van der Waals surface area contributed by atoms with E-state index in [-0.39, 0.29) is 22.8 Å². The first-order chi connectivity index (χ1) is 15.5. The van der Waals surface area contributed by atoms with Crippen LogP contribution < -0.4 is 16.0 Å². The number of fused-ring (bicyclic) bond motifs is 1. The van der Waals surface area contributed by atoms with Gasteiger partial charge in [0.15, 0.2) is 5.13 Å². The van der Waals surface area contributed by atoms with Crippen molar-refractivity contribution >= 4 is 22.4 Å². The van der Waals surface area contributed by atoms with Crippen molar-refractivity contribution in [2.75, 3.05) is 18.0 Å². The number of carbonyl (C=O) groups excluding carboxylic acids is 1. The zero-order chi connectivity index (χ0) is 24.0. The lowest BCUT2D eigenvalue weighted by Gasteiger charge is -2.42. The Kier molecular flexibility index (Phi) is 6.60. The maximum atomic E-state index is 12.1. The minimum Gasteiger partial charge on any atom is -0.391 e. The molecule has 0 radical (unpaired) electrons. The summed E-state index contributed by atoms with van der Waals surface area (Å²) in [5, 5.41) is 15.7. The second-order valence-electron chi connectivity index (χ2n) is 11.1. The van der Waals surface area contributed by atoms with Gasteiger partial charge in [-0.1, -0.05) is 39.8 Å². The molecule has 7 heteroatoms. The third-order valence-corrected chi connectivity index (χ3v) is 8.48. The normalized spacial score (nSPS) is 21.8. The van der Waals surface area contributed by atoms with Crippen molar-refractivity contribution in [3.8, 4) is 11.3 Å². The van der Waals surface area contributed by atoms with E-state index in [4.69, 9.17) is 10.7 Å². The van der Waals surface area contributed by atoms with E-state index in [0.29, 0.717) is 0 Å². The molecule has 1 aliphatic heterocycles. The second-order valence-corrected chi connectivity index (χ2v) is 11.9. The Labute approximate surface area is 201 Å². The minimum atomic E-state index is -0.878. The van der Waals surface area contributed by atoms with Crippen molar-refractivity contribution in [3.63, 3.8) is 0 Å². The van der Waals surface area contributed by atoms with Crippen LogP contribution in [0, 0.1) is 0 Å². The Morgan fingerprint density at radius 2 is 1.82 bits per heavy atom. The summed E-state index contributed by atoms with van der Waals surface area (Å²) in [6, 6.07) is 6.12. The number of hydrogen-bond donors (Lipinski definition) is 3. The van der Waals surface area contributed by atoms with Crippen LogP contribution in [0.25, 0.3) is 11.3 Å². The van der Waals surface area contributed by atoms with Crippen LogP contribution >= 0.6 is 11.3 Å². The van der Waals surface area contributed by atoms with Crippen molar-refractivity contribution < 1.29 is 9.90 Å². The highest BCUT2D eigenvalue weighted by Gasteiger charge is 2.37. The highest BCUT2D eigenvalue weighted by molar-refractivity contribution is 7.14. The van der Waals surface area contributed by atoms with E-state index in [1.165, 1.54) is 36.5 Å². The number of nitrogens with two attached hydrogens (primary N) is 1. The molecule has 1 fully saturated rings. The lowest BCUT2D eigenvalue weighted by Crippen LogP contribution is -2.52. The molecule has 0 bridgehead atoms. The monoisotopic (exact) mass is 470 g/mol. The van der Waals surface area contributed by atoms with E-state index in [0.717, 1.165) is 36.8 Å². The zero-order valence-corrected chi connectivity index (χ0v) is 21.3. The van der Waals surface area contributed by atoms with E-state index in [1.807, 2.05) is 0 Å². The summed E-state index contributed by atoms with van der Waals surface area (Å²) in [6.07, 6.45) is 3.25. The van der Waals surface area contributed by atoms with Gasteiger partial charge in [-0.25, -0.2) is 4.98 Å². The molecular formula is C26H38N4O2S. The van der Waals surface area contributed by atoms with Gasteiger partial charge in [-0.15, -0.1) is 11.3 Å². The number of anilines is 1. The molecule has 2 atom stereocenters. The predicted molar refractivity (Wildman–Crippen MR) is 136 cm³/mol. The number of thiazole rings is 1. The van der Waals surface area contributed by atoms with Crippen molar-refractivity contribution in [1.82, 2.24) is 10.3 Å². The van der Waals surface area contributed by atoms with Gasteiger partial charge in [-0.2, -0.15) is 0 Å². The third-order valence-electron chi connectivity index (χ3n) is 7.57. The molecular weight excluding hydrogens is 432 g/mol. The number of rotatable bonds is 5. The van der Waals surface area contributed by atoms with Crippen LogP contribution in [-0.2, 0) is 15.6 Å². The Balaban J connectivity index is 1.44. The maximum Gasteiger partial charge on any atom is 0.239 e. The lowest BCUT2D eigenvalue weighted by atomic mass is 9.63. The molecule has 33 heavy (non-hydrogen) atoms. The van der Waals surface area contributed by atoms with E-state index in [2.05, 4.69) is 61.5 Å². The van der Waals surface area contributed by atoms with Crippen LogP contribution in [0.3, 0.4) is 0 Å². The van der Waals surface area contributed by atoms with Gasteiger partial charge in [0.05, 0.1) is 11.8 Å². The highest BCUT2D eigenvalue weighted by atomic mass is 32.1. The van der Waals surface area contributed by atoms with Gasteiger partial charge < -0.3 is 21.1 Å². The SMILES string of the molecule is CC(O)C(N)C(=O)NC1CCN(c2nc(-c3ccc4c(c3)C(C)(C)CCC4(C)C)cs2)CC1. The molecule has 2 heterocycles. The molecule has 2 unspecified atom stereocenters. The van der Waals surface area contributed by atoms with Gasteiger partial charge >= 0.3 is 0 Å². The average molecular weight is 471 g/mol. The van der Waals surface area contributed by atoms with Gasteiger partial charge in [0.1, 0.15) is 6.04 Å².